The highest BCUT2D eigenvalue weighted by molar-refractivity contribution is 5.90. The molecule has 0 spiro atoms. The molecular formula is C19H17F3N2O. The number of benzene rings is 2. The molecule has 0 aliphatic carbocycles. The molecule has 0 unspecified atom stereocenters. The van der Waals surface area contributed by atoms with E-state index >= 15 is 0 Å². The number of halogens is 3. The van der Waals surface area contributed by atoms with Crippen LogP contribution in [0.4, 0.5) is 18.9 Å². The summed E-state index contributed by atoms with van der Waals surface area (Å²) < 4.78 is 38.0. The molecule has 0 bridgehead atoms. The number of aromatic nitrogens is 1. The molecular weight excluding hydrogens is 329 g/mol. The summed E-state index contributed by atoms with van der Waals surface area (Å²) in [6, 6.07) is 12.6. The number of aromatic amines is 1. The van der Waals surface area contributed by atoms with E-state index in [0.29, 0.717) is 6.42 Å². The highest BCUT2D eigenvalue weighted by Gasteiger charge is 2.30. The summed E-state index contributed by atoms with van der Waals surface area (Å²) in [5, 5.41) is 3.65. The Labute approximate surface area is 142 Å². The fourth-order valence-electron chi connectivity index (χ4n) is 2.77. The Hall–Kier alpha value is -2.76. The Morgan fingerprint density at radius 3 is 2.68 bits per heavy atom. The van der Waals surface area contributed by atoms with Gasteiger partial charge in [0.2, 0.25) is 5.91 Å². The van der Waals surface area contributed by atoms with Crippen molar-refractivity contribution in [3.05, 3.63) is 65.9 Å². The maximum atomic E-state index is 12.7. The van der Waals surface area contributed by atoms with Crippen molar-refractivity contribution < 1.29 is 18.0 Å². The first-order valence-corrected chi connectivity index (χ1v) is 7.95. The lowest BCUT2D eigenvalue weighted by Crippen LogP contribution is -2.12. The molecule has 3 aromatic rings. The van der Waals surface area contributed by atoms with Crippen molar-refractivity contribution in [3.8, 4) is 0 Å². The third kappa shape index (κ3) is 4.21. The van der Waals surface area contributed by atoms with Crippen molar-refractivity contribution >= 4 is 22.5 Å². The normalized spacial score (nSPS) is 11.6. The number of fused-ring (bicyclic) bond motifs is 1. The molecule has 0 aliphatic heterocycles. The standard InChI is InChI=1S/C19H17F3N2O/c20-19(21,22)14-6-4-7-15(11-14)24-18(25)10-3-5-13-12-23-17-9-2-1-8-16(13)17/h1-2,4,6-9,11-12,23H,3,5,10H2,(H,24,25). The minimum Gasteiger partial charge on any atom is -0.361 e. The van der Waals surface area contributed by atoms with Crippen LogP contribution in [0.1, 0.15) is 24.0 Å². The van der Waals surface area contributed by atoms with Gasteiger partial charge < -0.3 is 10.3 Å². The van der Waals surface area contributed by atoms with E-state index in [1.54, 1.807) is 0 Å². The fourth-order valence-corrected chi connectivity index (χ4v) is 2.77. The number of nitrogens with one attached hydrogen (secondary N) is 2. The molecule has 1 aromatic heterocycles. The van der Waals surface area contributed by atoms with Crippen LogP contribution in [0.2, 0.25) is 0 Å². The van der Waals surface area contributed by atoms with E-state index < -0.39 is 11.7 Å². The number of alkyl halides is 3. The summed E-state index contributed by atoms with van der Waals surface area (Å²) in [5.74, 6) is -0.292. The van der Waals surface area contributed by atoms with Crippen molar-refractivity contribution in [2.45, 2.75) is 25.4 Å². The summed E-state index contributed by atoms with van der Waals surface area (Å²) in [6.07, 6.45) is -0.909. The molecule has 0 saturated carbocycles. The number of hydrogen-bond donors (Lipinski definition) is 2. The van der Waals surface area contributed by atoms with E-state index in [-0.39, 0.29) is 18.0 Å². The Bertz CT molecular complexity index is 884. The van der Waals surface area contributed by atoms with Crippen LogP contribution in [-0.2, 0) is 17.4 Å². The highest BCUT2D eigenvalue weighted by atomic mass is 19.4. The van der Waals surface area contributed by atoms with E-state index in [2.05, 4.69) is 10.3 Å². The van der Waals surface area contributed by atoms with Crippen molar-refractivity contribution in [2.24, 2.45) is 0 Å². The Morgan fingerprint density at radius 2 is 1.88 bits per heavy atom. The van der Waals surface area contributed by atoms with Crippen LogP contribution in [0.25, 0.3) is 10.9 Å². The summed E-state index contributed by atoms with van der Waals surface area (Å²) >= 11 is 0. The van der Waals surface area contributed by atoms with E-state index in [0.717, 1.165) is 35.0 Å². The molecule has 0 aliphatic rings. The second-order valence-electron chi connectivity index (χ2n) is 5.84. The number of amides is 1. The van der Waals surface area contributed by atoms with Crippen molar-refractivity contribution in [2.75, 3.05) is 5.32 Å². The molecule has 130 valence electrons. The van der Waals surface area contributed by atoms with Crippen LogP contribution in [0.5, 0.6) is 0 Å². The lowest BCUT2D eigenvalue weighted by atomic mass is 10.1. The Balaban J connectivity index is 1.55. The number of aryl methyl sites for hydroxylation is 1. The molecule has 0 atom stereocenters. The minimum absolute atomic E-state index is 0.159. The number of carbonyl (C=O) groups is 1. The number of rotatable bonds is 5. The van der Waals surface area contributed by atoms with Gasteiger partial charge in [0.25, 0.3) is 0 Å². The second-order valence-corrected chi connectivity index (χ2v) is 5.84. The van der Waals surface area contributed by atoms with E-state index in [1.807, 2.05) is 30.5 Å². The van der Waals surface area contributed by atoms with Gasteiger partial charge in [-0.05, 0) is 42.7 Å². The molecule has 2 N–H and O–H groups in total. The first-order chi connectivity index (χ1) is 11.9. The van der Waals surface area contributed by atoms with Gasteiger partial charge in [-0.25, -0.2) is 0 Å². The monoisotopic (exact) mass is 346 g/mol. The fraction of sp³-hybridized carbons (Fsp3) is 0.211. The molecule has 6 heteroatoms. The minimum atomic E-state index is -4.42. The van der Waals surface area contributed by atoms with Crippen LogP contribution >= 0.6 is 0 Å². The number of H-pyrrole nitrogens is 1. The second kappa shape index (κ2) is 7.01. The van der Waals surface area contributed by atoms with Gasteiger partial charge in [0.15, 0.2) is 0 Å². The van der Waals surface area contributed by atoms with Gasteiger partial charge in [0.05, 0.1) is 5.56 Å². The van der Waals surface area contributed by atoms with Crippen LogP contribution in [0.3, 0.4) is 0 Å². The summed E-state index contributed by atoms with van der Waals surface area (Å²) in [4.78, 5) is 15.1. The maximum Gasteiger partial charge on any atom is 0.416 e. The van der Waals surface area contributed by atoms with Crippen molar-refractivity contribution in [1.29, 1.82) is 0 Å². The van der Waals surface area contributed by atoms with Crippen LogP contribution in [0, 0.1) is 0 Å². The largest absolute Gasteiger partial charge is 0.416 e. The summed E-state index contributed by atoms with van der Waals surface area (Å²) in [6.45, 7) is 0. The molecule has 1 heterocycles. The Morgan fingerprint density at radius 1 is 1.08 bits per heavy atom. The van der Waals surface area contributed by atoms with E-state index in [1.165, 1.54) is 12.1 Å². The van der Waals surface area contributed by atoms with Gasteiger partial charge in [-0.15, -0.1) is 0 Å². The molecule has 0 fully saturated rings. The first kappa shape index (κ1) is 17.1. The summed E-state index contributed by atoms with van der Waals surface area (Å²) in [5.41, 5.74) is 1.56. The lowest BCUT2D eigenvalue weighted by Gasteiger charge is -2.09. The van der Waals surface area contributed by atoms with Crippen LogP contribution in [-0.4, -0.2) is 10.9 Å². The van der Waals surface area contributed by atoms with Crippen molar-refractivity contribution in [1.82, 2.24) is 4.98 Å². The topological polar surface area (TPSA) is 44.9 Å². The smallest absolute Gasteiger partial charge is 0.361 e. The van der Waals surface area contributed by atoms with Crippen molar-refractivity contribution in [3.63, 3.8) is 0 Å². The van der Waals surface area contributed by atoms with Gasteiger partial charge >= 0.3 is 6.18 Å². The van der Waals surface area contributed by atoms with Crippen LogP contribution < -0.4 is 5.32 Å². The zero-order chi connectivity index (χ0) is 17.9. The predicted octanol–water partition coefficient (Wildman–Crippen LogP) is 5.15. The Kier molecular flexibility index (Phi) is 4.79. The van der Waals surface area contributed by atoms with Gasteiger partial charge in [0, 0.05) is 29.2 Å². The zero-order valence-electron chi connectivity index (χ0n) is 13.4. The number of hydrogen-bond acceptors (Lipinski definition) is 1. The number of para-hydroxylation sites is 1. The van der Waals surface area contributed by atoms with Crippen LogP contribution in [0.15, 0.2) is 54.7 Å². The summed E-state index contributed by atoms with van der Waals surface area (Å²) in [7, 11) is 0. The average Bonchev–Trinajstić information content (AvgIpc) is 2.98. The number of carbonyl (C=O) groups excluding carboxylic acids is 1. The zero-order valence-corrected chi connectivity index (χ0v) is 13.4. The van der Waals surface area contributed by atoms with E-state index in [9.17, 15) is 18.0 Å². The molecule has 0 saturated heterocycles. The van der Waals surface area contributed by atoms with Gasteiger partial charge in [-0.2, -0.15) is 13.2 Å². The number of anilines is 1. The first-order valence-electron chi connectivity index (χ1n) is 7.95. The molecule has 1 amide bonds. The van der Waals surface area contributed by atoms with Gasteiger partial charge in [-0.3, -0.25) is 4.79 Å². The molecule has 2 aromatic carbocycles. The average molecular weight is 346 g/mol. The third-order valence-electron chi connectivity index (χ3n) is 4.00. The van der Waals surface area contributed by atoms with E-state index in [4.69, 9.17) is 0 Å². The third-order valence-corrected chi connectivity index (χ3v) is 4.00. The van der Waals surface area contributed by atoms with Gasteiger partial charge in [0.1, 0.15) is 0 Å². The molecule has 3 nitrogen and oxygen atoms in total. The highest BCUT2D eigenvalue weighted by Crippen LogP contribution is 2.30. The maximum absolute atomic E-state index is 12.7. The predicted molar refractivity (Wildman–Crippen MR) is 91.3 cm³/mol. The molecule has 0 radical (unpaired) electrons. The quantitative estimate of drug-likeness (QED) is 0.659. The van der Waals surface area contributed by atoms with Gasteiger partial charge in [-0.1, -0.05) is 24.3 Å². The molecule has 3 rings (SSSR count). The SMILES string of the molecule is O=C(CCCc1c[nH]c2ccccc12)Nc1cccc(C(F)(F)F)c1. The molecule has 25 heavy (non-hydrogen) atoms. The lowest BCUT2D eigenvalue weighted by molar-refractivity contribution is -0.137.